The van der Waals surface area contributed by atoms with Crippen LogP contribution in [-0.4, -0.2) is 85.2 Å². The fourth-order valence-corrected chi connectivity index (χ4v) is 6.65. The van der Waals surface area contributed by atoms with Crippen LogP contribution >= 0.6 is 15.6 Å². The second kappa shape index (κ2) is 11.5. The first-order valence-electron chi connectivity index (χ1n) is 13.1. The Balaban J connectivity index is 1.14. The molecule has 238 valence electrons. The van der Waals surface area contributed by atoms with E-state index in [1.807, 2.05) is 0 Å². The number of anilines is 2. The summed E-state index contributed by atoms with van der Waals surface area (Å²) in [5, 5.41) is 0. The topological polar surface area (TPSA) is 300 Å². The van der Waals surface area contributed by atoms with Crippen molar-refractivity contribution in [3.05, 3.63) is 29.3 Å². The van der Waals surface area contributed by atoms with Crippen LogP contribution in [0.4, 0.5) is 11.8 Å². The minimum Gasteiger partial charge on any atom is -0.382 e. The smallest absolute Gasteiger partial charge is 0.382 e. The number of imidazole rings is 2. The Kier molecular flexibility index (Phi) is 8.03. The highest BCUT2D eigenvalue weighted by Crippen LogP contribution is 2.51. The van der Waals surface area contributed by atoms with Gasteiger partial charge < -0.3 is 35.6 Å². The van der Waals surface area contributed by atoms with E-state index in [0.717, 1.165) is 0 Å². The van der Waals surface area contributed by atoms with Crippen molar-refractivity contribution in [2.24, 2.45) is 5.92 Å². The Hall–Kier alpha value is -3.36. The molecule has 2 saturated heterocycles. The highest BCUT2D eigenvalue weighted by atomic mass is 31.2. The van der Waals surface area contributed by atoms with Crippen molar-refractivity contribution >= 4 is 49.7 Å². The van der Waals surface area contributed by atoms with Gasteiger partial charge in [-0.05, 0) is 12.8 Å². The van der Waals surface area contributed by atoms with Crippen LogP contribution in [0, 0.1) is 5.92 Å². The van der Waals surface area contributed by atoms with E-state index < -0.39 is 64.5 Å². The van der Waals surface area contributed by atoms with E-state index in [2.05, 4.69) is 34.4 Å². The fourth-order valence-electron chi connectivity index (χ4n) is 5.25. The summed E-state index contributed by atoms with van der Waals surface area (Å²) in [7, 11) is -9.72. The van der Waals surface area contributed by atoms with E-state index in [9.17, 15) is 28.6 Å². The van der Waals surface area contributed by atoms with Crippen LogP contribution in [0.25, 0.3) is 22.3 Å². The Morgan fingerprint density at radius 1 is 1.00 bits per heavy atom. The highest BCUT2D eigenvalue weighted by Gasteiger charge is 2.48. The SMILES string of the molecule is C[C@H]1C(OP(=O)(O)OC[C@@H]2CC[C@H](n3cnc4c(=O)[nH]c(N)nc43)O2)[C@@H](COP(=O)(O)O)O[C@H]1n1cnc2c(N)ncnc21. The lowest BCUT2D eigenvalue weighted by atomic mass is 10.0. The molecule has 4 aromatic heterocycles. The zero-order chi connectivity index (χ0) is 31.4. The molecule has 0 spiro atoms. The molecule has 0 amide bonds. The first-order chi connectivity index (χ1) is 20.8. The van der Waals surface area contributed by atoms with Crippen LogP contribution in [0.2, 0.25) is 0 Å². The Bertz CT molecular complexity index is 1840. The van der Waals surface area contributed by atoms with Crippen molar-refractivity contribution in [2.75, 3.05) is 24.7 Å². The number of nitrogens with one attached hydrogen (secondary N) is 1. The Labute approximate surface area is 246 Å². The van der Waals surface area contributed by atoms with Gasteiger partial charge in [0.1, 0.15) is 36.5 Å². The van der Waals surface area contributed by atoms with Gasteiger partial charge in [0.15, 0.2) is 22.6 Å². The molecular formula is C21H28N10O11P2. The molecule has 21 nitrogen and oxygen atoms in total. The number of hydrogen-bond acceptors (Lipinski definition) is 15. The molecule has 0 aromatic carbocycles. The molecule has 2 aliphatic rings. The number of phosphoric acid groups is 2. The summed E-state index contributed by atoms with van der Waals surface area (Å²) in [6.07, 6.45) is 0.280. The number of rotatable bonds is 10. The predicted molar refractivity (Wildman–Crippen MR) is 147 cm³/mol. The first kappa shape index (κ1) is 30.7. The van der Waals surface area contributed by atoms with Crippen molar-refractivity contribution < 1.29 is 46.9 Å². The normalized spacial score (nSPS) is 27.4. The van der Waals surface area contributed by atoms with Crippen molar-refractivity contribution in [3.63, 3.8) is 0 Å². The molecule has 4 aromatic rings. The summed E-state index contributed by atoms with van der Waals surface area (Å²) in [5.74, 6) is -0.674. The summed E-state index contributed by atoms with van der Waals surface area (Å²) < 4.78 is 54.9. The van der Waals surface area contributed by atoms with E-state index in [4.69, 9.17) is 30.0 Å². The molecule has 7 atom stereocenters. The fraction of sp³-hybridized carbons (Fsp3) is 0.524. The van der Waals surface area contributed by atoms with Crippen molar-refractivity contribution in [3.8, 4) is 0 Å². The number of nitrogens with two attached hydrogens (primary N) is 2. The molecule has 0 bridgehead atoms. The van der Waals surface area contributed by atoms with Crippen LogP contribution in [0.5, 0.6) is 0 Å². The third-order valence-corrected chi connectivity index (χ3v) is 8.71. The molecular weight excluding hydrogens is 630 g/mol. The number of H-pyrrole nitrogens is 1. The van der Waals surface area contributed by atoms with Crippen LogP contribution in [-0.2, 0) is 32.2 Å². The molecule has 2 aliphatic heterocycles. The molecule has 0 saturated carbocycles. The number of ether oxygens (including phenoxy) is 2. The van der Waals surface area contributed by atoms with Gasteiger partial charge in [-0.2, -0.15) is 4.98 Å². The van der Waals surface area contributed by atoms with Crippen LogP contribution < -0.4 is 17.0 Å². The second-order valence-electron chi connectivity index (χ2n) is 10.2. The number of hydrogen-bond donors (Lipinski definition) is 6. The summed E-state index contributed by atoms with van der Waals surface area (Å²) in [6, 6.07) is 0. The van der Waals surface area contributed by atoms with Crippen LogP contribution in [0.3, 0.4) is 0 Å². The monoisotopic (exact) mass is 658 g/mol. The van der Waals surface area contributed by atoms with Gasteiger partial charge in [-0.3, -0.25) is 32.5 Å². The summed E-state index contributed by atoms with van der Waals surface area (Å²) in [5.41, 5.74) is 11.9. The van der Waals surface area contributed by atoms with Gasteiger partial charge in [-0.1, -0.05) is 6.92 Å². The maximum Gasteiger partial charge on any atom is 0.472 e. The first-order valence-corrected chi connectivity index (χ1v) is 16.1. The van der Waals surface area contributed by atoms with Gasteiger partial charge in [0.25, 0.3) is 5.56 Å². The number of aromatic nitrogens is 8. The van der Waals surface area contributed by atoms with E-state index in [1.165, 1.54) is 28.1 Å². The predicted octanol–water partition coefficient (Wildman–Crippen LogP) is -0.0535. The van der Waals surface area contributed by atoms with Gasteiger partial charge in [0, 0.05) is 5.92 Å². The molecule has 0 radical (unpaired) electrons. The van der Waals surface area contributed by atoms with Crippen LogP contribution in [0.15, 0.2) is 23.8 Å². The zero-order valence-electron chi connectivity index (χ0n) is 22.8. The molecule has 8 N–H and O–H groups in total. The van der Waals surface area contributed by atoms with Crippen molar-refractivity contribution in [1.29, 1.82) is 0 Å². The van der Waals surface area contributed by atoms with Gasteiger partial charge in [-0.15, -0.1) is 0 Å². The van der Waals surface area contributed by atoms with Crippen molar-refractivity contribution in [1.82, 2.24) is 39.0 Å². The number of fused-ring (bicyclic) bond motifs is 2. The summed E-state index contributed by atoms with van der Waals surface area (Å²) >= 11 is 0. The van der Waals surface area contributed by atoms with E-state index in [1.54, 1.807) is 6.92 Å². The maximum absolute atomic E-state index is 13.1. The molecule has 2 unspecified atom stereocenters. The van der Waals surface area contributed by atoms with Crippen molar-refractivity contribution in [2.45, 2.75) is 50.5 Å². The minimum atomic E-state index is -4.92. The Morgan fingerprint density at radius 2 is 1.75 bits per heavy atom. The Morgan fingerprint density at radius 3 is 2.52 bits per heavy atom. The maximum atomic E-state index is 13.1. The minimum absolute atomic E-state index is 0.0823. The molecule has 23 heteroatoms. The van der Waals surface area contributed by atoms with Gasteiger partial charge >= 0.3 is 15.6 Å². The lowest BCUT2D eigenvalue weighted by Gasteiger charge is -2.24. The number of aromatic amines is 1. The number of phosphoric ester groups is 2. The molecule has 44 heavy (non-hydrogen) atoms. The van der Waals surface area contributed by atoms with Crippen LogP contribution in [0.1, 0.15) is 32.2 Å². The largest absolute Gasteiger partial charge is 0.472 e. The average Bonchev–Trinajstić information content (AvgIpc) is 3.73. The van der Waals surface area contributed by atoms with E-state index in [-0.39, 0.29) is 35.1 Å². The van der Waals surface area contributed by atoms with Gasteiger partial charge in [-0.25, -0.2) is 29.1 Å². The zero-order valence-corrected chi connectivity index (χ0v) is 24.6. The van der Waals surface area contributed by atoms with Gasteiger partial charge in [0.2, 0.25) is 5.95 Å². The molecule has 0 aliphatic carbocycles. The third-order valence-electron chi connectivity index (χ3n) is 7.24. The molecule has 6 heterocycles. The average molecular weight is 658 g/mol. The van der Waals surface area contributed by atoms with E-state index >= 15 is 0 Å². The molecule has 2 fully saturated rings. The molecule has 6 rings (SSSR count). The lowest BCUT2D eigenvalue weighted by molar-refractivity contribution is -0.0481. The summed E-state index contributed by atoms with van der Waals surface area (Å²) in [6.45, 7) is 0.618. The standard InChI is InChI=1S/C21H28N10O11P2/c1-9-15(11(5-38-43(33,34)35)41-20(9)31-8-26-13-16(22)24-6-25-17(13)31)42-44(36,37)39-4-10-2-3-12(40-10)30-7-27-14-18(30)28-21(23)29-19(14)32/h6-12,15,20H,2-5H2,1H3,(H,36,37)(H2,22,24,25)(H2,33,34,35)(H3,23,28,29,32)/t9-,10-,11+,12+,15?,20+/m0/s1. The number of nitrogens with zero attached hydrogens (tertiary/aromatic N) is 7. The summed E-state index contributed by atoms with van der Waals surface area (Å²) in [4.78, 5) is 64.0. The van der Waals surface area contributed by atoms with Gasteiger partial charge in [0.05, 0.1) is 32.0 Å². The third kappa shape index (κ3) is 6.11. The highest BCUT2D eigenvalue weighted by molar-refractivity contribution is 7.47. The second-order valence-corrected chi connectivity index (χ2v) is 12.8. The number of nitrogen functional groups attached to an aromatic ring is 2. The quantitative estimate of drug-likeness (QED) is 0.122. The van der Waals surface area contributed by atoms with E-state index in [0.29, 0.717) is 18.5 Å². The lowest BCUT2D eigenvalue weighted by Crippen LogP contribution is -2.32.